The molecule has 4 nitrogen and oxygen atoms in total. The van der Waals surface area contributed by atoms with Gasteiger partial charge in [-0.05, 0) is 26.1 Å². The molecule has 0 saturated heterocycles. The van der Waals surface area contributed by atoms with Crippen molar-refractivity contribution in [3.8, 4) is 5.69 Å². The van der Waals surface area contributed by atoms with E-state index in [4.69, 9.17) is 0 Å². The van der Waals surface area contributed by atoms with Crippen molar-refractivity contribution in [3.63, 3.8) is 0 Å². The van der Waals surface area contributed by atoms with Crippen LogP contribution in [-0.4, -0.2) is 26.5 Å². The summed E-state index contributed by atoms with van der Waals surface area (Å²) in [5, 5.41) is 3.15. The van der Waals surface area contributed by atoms with Gasteiger partial charge >= 0.3 is 0 Å². The summed E-state index contributed by atoms with van der Waals surface area (Å²) < 4.78 is 2.21. The van der Waals surface area contributed by atoms with Gasteiger partial charge in [0.15, 0.2) is 0 Å². The Morgan fingerprint density at radius 1 is 1.14 bits per heavy atom. The molecule has 2 heterocycles. The predicted octanol–water partition coefficient (Wildman–Crippen LogP) is 3.27. The van der Waals surface area contributed by atoms with Gasteiger partial charge in [-0.1, -0.05) is 18.2 Å². The zero-order valence-corrected chi connectivity index (χ0v) is 13.0. The first kappa shape index (κ1) is 14.0. The molecule has 3 aromatic rings. The number of imidazole rings is 1. The second-order valence-electron chi connectivity index (χ2n) is 5.07. The molecule has 0 radical (unpaired) electrons. The maximum atomic E-state index is 4.47. The third-order valence-electron chi connectivity index (χ3n) is 3.35. The summed E-state index contributed by atoms with van der Waals surface area (Å²) in [7, 11) is 2.11. The Hall–Kier alpha value is -1.98. The molecule has 0 aliphatic heterocycles. The highest BCUT2D eigenvalue weighted by atomic mass is 32.1. The van der Waals surface area contributed by atoms with Gasteiger partial charge in [0.1, 0.15) is 10.8 Å². The van der Waals surface area contributed by atoms with Gasteiger partial charge in [0.05, 0.1) is 18.4 Å². The van der Waals surface area contributed by atoms with Crippen molar-refractivity contribution in [2.45, 2.75) is 20.0 Å². The van der Waals surface area contributed by atoms with E-state index in [-0.39, 0.29) is 0 Å². The van der Waals surface area contributed by atoms with Crippen molar-refractivity contribution < 1.29 is 0 Å². The summed E-state index contributed by atoms with van der Waals surface area (Å²) in [6.07, 6.45) is 3.81. The molecule has 2 aromatic heterocycles. The molecule has 0 unspecified atom stereocenters. The Morgan fingerprint density at radius 3 is 2.67 bits per heavy atom. The number of rotatable bonds is 5. The normalized spacial score (nSPS) is 11.2. The number of para-hydroxylation sites is 1. The highest BCUT2D eigenvalue weighted by molar-refractivity contribution is 7.09. The molecule has 0 bridgehead atoms. The fourth-order valence-electron chi connectivity index (χ4n) is 2.43. The zero-order chi connectivity index (χ0) is 14.7. The summed E-state index contributed by atoms with van der Waals surface area (Å²) in [5.41, 5.74) is 2.35. The first-order chi connectivity index (χ1) is 10.2. The van der Waals surface area contributed by atoms with Gasteiger partial charge < -0.3 is 0 Å². The Labute approximate surface area is 128 Å². The average molecular weight is 298 g/mol. The van der Waals surface area contributed by atoms with Crippen molar-refractivity contribution >= 4 is 11.3 Å². The van der Waals surface area contributed by atoms with Crippen molar-refractivity contribution in [2.75, 3.05) is 7.05 Å². The summed E-state index contributed by atoms with van der Waals surface area (Å²) in [6.45, 7) is 3.74. The van der Waals surface area contributed by atoms with E-state index >= 15 is 0 Å². The lowest BCUT2D eigenvalue weighted by Crippen LogP contribution is -2.19. The monoisotopic (exact) mass is 298 g/mol. The summed E-state index contributed by atoms with van der Waals surface area (Å²) >= 11 is 1.69. The Bertz CT molecular complexity index is 688. The number of aryl methyl sites for hydroxylation is 1. The molecule has 0 N–H and O–H groups in total. The number of aromatic nitrogens is 3. The van der Waals surface area contributed by atoms with Crippen LogP contribution in [0.3, 0.4) is 0 Å². The lowest BCUT2D eigenvalue weighted by atomic mass is 10.3. The van der Waals surface area contributed by atoms with Crippen LogP contribution in [0.15, 0.2) is 48.1 Å². The molecule has 0 fully saturated rings. The molecule has 108 valence electrons. The molecule has 0 saturated carbocycles. The lowest BCUT2D eigenvalue weighted by molar-refractivity contribution is 0.312. The van der Waals surface area contributed by atoms with E-state index in [2.05, 4.69) is 50.7 Å². The molecule has 3 rings (SSSR count). The Morgan fingerprint density at radius 2 is 1.95 bits per heavy atom. The van der Waals surface area contributed by atoms with Crippen molar-refractivity contribution in [2.24, 2.45) is 0 Å². The number of nitrogens with zero attached hydrogens (tertiary/aromatic N) is 4. The van der Waals surface area contributed by atoms with Crippen LogP contribution in [0.5, 0.6) is 0 Å². The van der Waals surface area contributed by atoms with E-state index in [1.165, 1.54) is 5.69 Å². The Kier molecular flexibility index (Phi) is 4.13. The van der Waals surface area contributed by atoms with Crippen molar-refractivity contribution in [1.82, 2.24) is 19.4 Å². The second kappa shape index (κ2) is 6.20. The number of benzene rings is 1. The van der Waals surface area contributed by atoms with Gasteiger partial charge in [-0.15, -0.1) is 11.3 Å². The fraction of sp³-hybridized carbons (Fsp3) is 0.250. The van der Waals surface area contributed by atoms with E-state index in [1.54, 1.807) is 11.3 Å². The third kappa shape index (κ3) is 3.20. The predicted molar refractivity (Wildman–Crippen MR) is 85.6 cm³/mol. The third-order valence-corrected chi connectivity index (χ3v) is 4.11. The summed E-state index contributed by atoms with van der Waals surface area (Å²) in [5.74, 6) is 1.01. The molecule has 0 atom stereocenters. The highest BCUT2D eigenvalue weighted by Gasteiger charge is 2.11. The molecular weight excluding hydrogens is 280 g/mol. The first-order valence-electron chi connectivity index (χ1n) is 6.89. The second-order valence-corrected chi connectivity index (χ2v) is 6.04. The molecule has 0 spiro atoms. The van der Waals surface area contributed by atoms with Gasteiger partial charge in [0.2, 0.25) is 0 Å². The number of thiazole rings is 1. The smallest absolute Gasteiger partial charge is 0.110 e. The van der Waals surface area contributed by atoms with Gasteiger partial charge in [-0.25, -0.2) is 9.97 Å². The van der Waals surface area contributed by atoms with Crippen LogP contribution >= 0.6 is 11.3 Å². The SMILES string of the molecule is Cc1ncc(CN(C)Cc2nccs2)n1-c1ccccc1. The van der Waals surface area contributed by atoms with Gasteiger partial charge in [-0.3, -0.25) is 9.47 Å². The molecule has 1 aromatic carbocycles. The average Bonchev–Trinajstić information content (AvgIpc) is 3.10. The van der Waals surface area contributed by atoms with E-state index < -0.39 is 0 Å². The minimum absolute atomic E-state index is 0.843. The van der Waals surface area contributed by atoms with Crippen LogP contribution in [-0.2, 0) is 13.1 Å². The fourth-order valence-corrected chi connectivity index (χ4v) is 3.12. The van der Waals surface area contributed by atoms with E-state index in [1.807, 2.05) is 30.8 Å². The summed E-state index contributed by atoms with van der Waals surface area (Å²) in [4.78, 5) is 11.1. The minimum Gasteiger partial charge on any atom is -0.300 e. The lowest BCUT2D eigenvalue weighted by Gasteiger charge is -2.17. The molecule has 0 aliphatic carbocycles. The molecule has 0 amide bonds. The molecular formula is C16H18N4S. The van der Waals surface area contributed by atoms with Gasteiger partial charge in [0.25, 0.3) is 0 Å². The largest absolute Gasteiger partial charge is 0.300 e. The van der Waals surface area contributed by atoms with Crippen molar-refractivity contribution in [1.29, 1.82) is 0 Å². The molecule has 0 aliphatic rings. The number of hydrogen-bond acceptors (Lipinski definition) is 4. The summed E-state index contributed by atoms with van der Waals surface area (Å²) in [6, 6.07) is 10.4. The van der Waals surface area contributed by atoms with E-state index in [0.29, 0.717) is 0 Å². The topological polar surface area (TPSA) is 34.0 Å². The minimum atomic E-state index is 0.843. The maximum absolute atomic E-state index is 4.47. The van der Waals surface area contributed by atoms with Crippen LogP contribution in [0, 0.1) is 6.92 Å². The van der Waals surface area contributed by atoms with Gasteiger partial charge in [-0.2, -0.15) is 0 Å². The highest BCUT2D eigenvalue weighted by Crippen LogP contribution is 2.17. The van der Waals surface area contributed by atoms with Crippen molar-refractivity contribution in [3.05, 3.63) is 64.6 Å². The quantitative estimate of drug-likeness (QED) is 0.725. The molecule has 21 heavy (non-hydrogen) atoms. The molecule has 5 heteroatoms. The zero-order valence-electron chi connectivity index (χ0n) is 12.2. The van der Waals surface area contributed by atoms with Crippen LogP contribution in [0.2, 0.25) is 0 Å². The standard InChI is InChI=1S/C16H18N4S/c1-13-18-10-15(20(13)14-6-4-3-5-7-14)11-19(2)12-16-17-8-9-21-16/h3-10H,11-12H2,1-2H3. The van der Waals surface area contributed by atoms with E-state index in [0.717, 1.165) is 29.6 Å². The van der Waals surface area contributed by atoms with Crippen LogP contribution in [0.1, 0.15) is 16.5 Å². The van der Waals surface area contributed by atoms with E-state index in [9.17, 15) is 0 Å². The van der Waals surface area contributed by atoms with Gasteiger partial charge in [0, 0.05) is 23.8 Å². The van der Waals surface area contributed by atoms with Crippen LogP contribution in [0.25, 0.3) is 5.69 Å². The number of hydrogen-bond donors (Lipinski definition) is 0. The van der Waals surface area contributed by atoms with Crippen LogP contribution < -0.4 is 0 Å². The first-order valence-corrected chi connectivity index (χ1v) is 7.77. The Balaban J connectivity index is 1.80. The van der Waals surface area contributed by atoms with Crippen LogP contribution in [0.4, 0.5) is 0 Å². The maximum Gasteiger partial charge on any atom is 0.110 e.